The van der Waals surface area contributed by atoms with E-state index in [0.29, 0.717) is 28.9 Å². The molecule has 1 unspecified atom stereocenters. The van der Waals surface area contributed by atoms with Crippen LogP contribution in [0.1, 0.15) is 52.7 Å². The Hall–Kier alpha value is -3.65. The first kappa shape index (κ1) is 26.9. The lowest BCUT2D eigenvalue weighted by Gasteiger charge is -2.28. The highest BCUT2D eigenvalue weighted by Crippen LogP contribution is 2.39. The SMILES string of the molecule is COC(=O)C1(CNC2Cc3ccc(NC(=O)c4ccccc4-c4ccc(C(F)(F)F)cc4)cc3C2)CCCC1. The molecule has 5 nitrogen and oxygen atoms in total. The van der Waals surface area contributed by atoms with E-state index in [-0.39, 0.29) is 17.9 Å². The van der Waals surface area contributed by atoms with Crippen LogP contribution in [-0.4, -0.2) is 31.6 Å². The highest BCUT2D eigenvalue weighted by atomic mass is 19.4. The number of fused-ring (bicyclic) bond motifs is 1. The summed E-state index contributed by atoms with van der Waals surface area (Å²) in [5.41, 5.74) is 3.29. The van der Waals surface area contributed by atoms with E-state index in [9.17, 15) is 22.8 Å². The zero-order valence-corrected chi connectivity index (χ0v) is 21.7. The minimum Gasteiger partial charge on any atom is -0.469 e. The number of benzene rings is 3. The monoisotopic (exact) mass is 536 g/mol. The molecule has 0 radical (unpaired) electrons. The predicted molar refractivity (Wildman–Crippen MR) is 143 cm³/mol. The average molecular weight is 537 g/mol. The number of halogens is 3. The van der Waals surface area contributed by atoms with Gasteiger partial charge in [-0.2, -0.15) is 13.2 Å². The highest BCUT2D eigenvalue weighted by Gasteiger charge is 2.42. The smallest absolute Gasteiger partial charge is 0.416 e. The van der Waals surface area contributed by atoms with Crippen molar-refractivity contribution in [1.29, 1.82) is 0 Å². The molecule has 0 heterocycles. The van der Waals surface area contributed by atoms with Crippen LogP contribution in [-0.2, 0) is 28.5 Å². The standard InChI is InChI=1S/C31H31F3N2O3/c1-39-29(38)30(14-4-5-15-30)19-35-25-16-21-10-13-24(17-22(21)18-25)36-28(37)27-7-3-2-6-26(27)20-8-11-23(12-9-20)31(32,33)34/h2-3,6-13,17,25,35H,4-5,14-16,18-19H2,1H3,(H,36,37). The van der Waals surface area contributed by atoms with Crippen molar-refractivity contribution >= 4 is 17.6 Å². The van der Waals surface area contributed by atoms with Crippen molar-refractivity contribution in [2.45, 2.75) is 50.7 Å². The van der Waals surface area contributed by atoms with Gasteiger partial charge in [0.05, 0.1) is 18.1 Å². The van der Waals surface area contributed by atoms with E-state index >= 15 is 0 Å². The molecule has 39 heavy (non-hydrogen) atoms. The summed E-state index contributed by atoms with van der Waals surface area (Å²) < 4.78 is 44.0. The summed E-state index contributed by atoms with van der Waals surface area (Å²) in [6.07, 6.45) is 0.971. The van der Waals surface area contributed by atoms with Gasteiger partial charge in [-0.3, -0.25) is 9.59 Å². The second kappa shape index (κ2) is 10.8. The molecule has 3 aromatic carbocycles. The van der Waals surface area contributed by atoms with Crippen molar-refractivity contribution in [1.82, 2.24) is 5.32 Å². The molecule has 2 N–H and O–H groups in total. The summed E-state index contributed by atoms with van der Waals surface area (Å²) in [4.78, 5) is 25.7. The third-order valence-electron chi connectivity index (χ3n) is 8.00. The van der Waals surface area contributed by atoms with E-state index in [4.69, 9.17) is 4.74 Å². The maximum Gasteiger partial charge on any atom is 0.416 e. The van der Waals surface area contributed by atoms with Crippen LogP contribution < -0.4 is 10.6 Å². The number of hydrogen-bond donors (Lipinski definition) is 2. The second-order valence-electron chi connectivity index (χ2n) is 10.5. The largest absolute Gasteiger partial charge is 0.469 e. The van der Waals surface area contributed by atoms with E-state index < -0.39 is 17.2 Å². The van der Waals surface area contributed by atoms with Crippen LogP contribution in [0, 0.1) is 5.41 Å². The molecular formula is C31H31F3N2O3. The van der Waals surface area contributed by atoms with Crippen LogP contribution in [0.15, 0.2) is 66.7 Å². The van der Waals surface area contributed by atoms with Gasteiger partial charge < -0.3 is 15.4 Å². The lowest BCUT2D eigenvalue weighted by Crippen LogP contribution is -2.43. The summed E-state index contributed by atoms with van der Waals surface area (Å²) >= 11 is 0. The first-order valence-corrected chi connectivity index (χ1v) is 13.2. The Morgan fingerprint density at radius 2 is 1.64 bits per heavy atom. The van der Waals surface area contributed by atoms with Gasteiger partial charge in [-0.25, -0.2) is 0 Å². The van der Waals surface area contributed by atoms with Crippen molar-refractivity contribution in [2.24, 2.45) is 5.41 Å². The van der Waals surface area contributed by atoms with E-state index in [0.717, 1.165) is 56.2 Å². The van der Waals surface area contributed by atoms with Gasteiger partial charge in [0.1, 0.15) is 0 Å². The summed E-state index contributed by atoms with van der Waals surface area (Å²) in [5, 5.41) is 6.55. The number of carbonyl (C=O) groups is 2. The summed E-state index contributed by atoms with van der Waals surface area (Å²) in [5.74, 6) is -0.469. The lowest BCUT2D eigenvalue weighted by molar-refractivity contribution is -0.152. The summed E-state index contributed by atoms with van der Waals surface area (Å²) in [6.45, 7) is 0.600. The van der Waals surface area contributed by atoms with Crippen LogP contribution >= 0.6 is 0 Å². The van der Waals surface area contributed by atoms with E-state index in [1.54, 1.807) is 24.3 Å². The van der Waals surface area contributed by atoms with Gasteiger partial charge in [0.2, 0.25) is 0 Å². The van der Waals surface area contributed by atoms with Crippen molar-refractivity contribution < 1.29 is 27.5 Å². The average Bonchev–Trinajstić information content (AvgIpc) is 3.58. The number of alkyl halides is 3. The lowest BCUT2D eigenvalue weighted by atomic mass is 9.86. The molecule has 1 saturated carbocycles. The Labute approximate surface area is 225 Å². The third kappa shape index (κ3) is 5.71. The number of nitrogens with one attached hydrogen (secondary N) is 2. The van der Waals surface area contributed by atoms with Crippen LogP contribution in [0.5, 0.6) is 0 Å². The molecule has 0 aliphatic heterocycles. The molecule has 1 fully saturated rings. The Morgan fingerprint density at radius 3 is 2.33 bits per heavy atom. The number of rotatable bonds is 7. The van der Waals surface area contributed by atoms with Crippen LogP contribution in [0.3, 0.4) is 0 Å². The van der Waals surface area contributed by atoms with Crippen LogP contribution in [0.2, 0.25) is 0 Å². The number of ether oxygens (including phenoxy) is 1. The van der Waals surface area contributed by atoms with Gasteiger partial charge in [0, 0.05) is 23.8 Å². The van der Waals surface area contributed by atoms with Gasteiger partial charge in [0.25, 0.3) is 5.91 Å². The topological polar surface area (TPSA) is 67.4 Å². The van der Waals surface area contributed by atoms with Crippen LogP contribution in [0.25, 0.3) is 11.1 Å². The first-order chi connectivity index (χ1) is 18.7. The maximum absolute atomic E-state index is 13.2. The molecule has 0 aromatic heterocycles. The third-order valence-corrected chi connectivity index (χ3v) is 8.00. The van der Waals surface area contributed by atoms with Crippen LogP contribution in [0.4, 0.5) is 18.9 Å². The molecule has 0 bridgehead atoms. The zero-order valence-electron chi connectivity index (χ0n) is 21.7. The van der Waals surface area contributed by atoms with Gasteiger partial charge in [-0.15, -0.1) is 0 Å². The zero-order chi connectivity index (χ0) is 27.6. The Balaban J connectivity index is 1.26. The van der Waals surface area contributed by atoms with E-state index in [2.05, 4.69) is 10.6 Å². The second-order valence-corrected chi connectivity index (χ2v) is 10.5. The number of carbonyl (C=O) groups excluding carboxylic acids is 2. The van der Waals surface area contributed by atoms with Crippen molar-refractivity contribution in [3.63, 3.8) is 0 Å². The highest BCUT2D eigenvalue weighted by molar-refractivity contribution is 6.08. The van der Waals surface area contributed by atoms with Crippen molar-refractivity contribution in [2.75, 3.05) is 19.0 Å². The Kier molecular flexibility index (Phi) is 7.49. The molecule has 2 aliphatic rings. The molecule has 1 atom stereocenters. The molecule has 204 valence electrons. The fourth-order valence-electron chi connectivity index (χ4n) is 5.87. The number of amides is 1. The summed E-state index contributed by atoms with van der Waals surface area (Å²) in [7, 11) is 1.45. The minimum atomic E-state index is -4.42. The maximum atomic E-state index is 13.2. The van der Waals surface area contributed by atoms with E-state index in [1.165, 1.54) is 24.8 Å². The quantitative estimate of drug-likeness (QED) is 0.342. The van der Waals surface area contributed by atoms with Gasteiger partial charge in [-0.05, 0) is 78.3 Å². The van der Waals surface area contributed by atoms with Crippen molar-refractivity contribution in [3.8, 4) is 11.1 Å². The van der Waals surface area contributed by atoms with E-state index in [1.807, 2.05) is 18.2 Å². The normalized spacial score (nSPS) is 18.0. The number of methoxy groups -OCH3 is 1. The molecule has 2 aliphatic carbocycles. The number of hydrogen-bond acceptors (Lipinski definition) is 4. The first-order valence-electron chi connectivity index (χ1n) is 13.2. The fraction of sp³-hybridized carbons (Fsp3) is 0.355. The Bertz CT molecular complexity index is 1360. The Morgan fingerprint density at radius 1 is 0.949 bits per heavy atom. The minimum absolute atomic E-state index is 0.135. The molecule has 8 heteroatoms. The predicted octanol–water partition coefficient (Wildman–Crippen LogP) is 6.41. The van der Waals surface area contributed by atoms with Gasteiger partial charge >= 0.3 is 12.1 Å². The van der Waals surface area contributed by atoms with Crippen molar-refractivity contribution in [3.05, 3.63) is 89.0 Å². The molecular weight excluding hydrogens is 505 g/mol. The molecule has 0 saturated heterocycles. The molecule has 3 aromatic rings. The fourth-order valence-corrected chi connectivity index (χ4v) is 5.87. The van der Waals surface area contributed by atoms with Gasteiger partial charge in [0.15, 0.2) is 0 Å². The number of esters is 1. The summed E-state index contributed by atoms with van der Waals surface area (Å²) in [6, 6.07) is 17.7. The van der Waals surface area contributed by atoms with Gasteiger partial charge in [-0.1, -0.05) is 49.2 Å². The molecule has 0 spiro atoms. The number of anilines is 1. The molecule has 1 amide bonds. The molecule has 5 rings (SSSR count).